The van der Waals surface area contributed by atoms with Gasteiger partial charge >= 0.3 is 0 Å². The summed E-state index contributed by atoms with van der Waals surface area (Å²) in [4.78, 5) is 12.7. The summed E-state index contributed by atoms with van der Waals surface area (Å²) in [5.74, 6) is 0.720. The number of rotatable bonds is 5. The zero-order valence-electron chi connectivity index (χ0n) is 24.0. The smallest absolute Gasteiger partial charge is 0.160 e. The normalized spacial score (nSPS) is 13.1. The number of benzene rings is 6. The number of fused-ring (bicyclic) bond motifs is 2. The van der Waals surface area contributed by atoms with Gasteiger partial charge in [0.25, 0.3) is 0 Å². The van der Waals surface area contributed by atoms with Crippen LogP contribution in [0.15, 0.2) is 180 Å². The van der Waals surface area contributed by atoms with Crippen LogP contribution < -0.4 is 0 Å². The van der Waals surface area contributed by atoms with Gasteiger partial charge in [0.05, 0.1) is 16.8 Å². The van der Waals surface area contributed by atoms with Crippen LogP contribution in [-0.2, 0) is 5.41 Å². The van der Waals surface area contributed by atoms with Crippen molar-refractivity contribution in [1.29, 1.82) is 0 Å². The Morgan fingerprint density at radius 3 is 1.43 bits per heavy atom. The zero-order valence-corrected chi connectivity index (χ0v) is 24.8. The molecule has 0 saturated carbocycles. The van der Waals surface area contributed by atoms with Gasteiger partial charge in [-0.1, -0.05) is 163 Å². The minimum Gasteiger partial charge on any atom is -0.228 e. The van der Waals surface area contributed by atoms with Crippen LogP contribution in [-0.4, -0.2) is 9.97 Å². The summed E-state index contributed by atoms with van der Waals surface area (Å²) >= 11 is 1.83. The van der Waals surface area contributed by atoms with E-state index < -0.39 is 5.41 Å². The molecule has 1 aliphatic heterocycles. The highest BCUT2D eigenvalue weighted by atomic mass is 32.2. The molecule has 0 saturated heterocycles. The third kappa shape index (κ3) is 4.45. The molecule has 0 bridgehead atoms. The fourth-order valence-corrected chi connectivity index (χ4v) is 7.67. The highest BCUT2D eigenvalue weighted by Crippen LogP contribution is 2.56. The van der Waals surface area contributed by atoms with Crippen molar-refractivity contribution >= 4 is 11.8 Å². The lowest BCUT2D eigenvalue weighted by molar-refractivity contribution is 0.703. The first-order chi connectivity index (χ1) is 21.8. The summed E-state index contributed by atoms with van der Waals surface area (Å²) in [6, 6.07) is 60.2. The van der Waals surface area contributed by atoms with E-state index in [1.165, 1.54) is 32.0 Å². The van der Waals surface area contributed by atoms with Gasteiger partial charge in [-0.05, 0) is 40.5 Å². The largest absolute Gasteiger partial charge is 0.228 e. The Bertz CT molecular complexity index is 1980. The Morgan fingerprint density at radius 1 is 0.386 bits per heavy atom. The maximum atomic E-state index is 5.12. The molecule has 0 amide bonds. The maximum absolute atomic E-state index is 5.12. The molecule has 0 spiro atoms. The first kappa shape index (κ1) is 26.4. The van der Waals surface area contributed by atoms with E-state index in [-0.39, 0.29) is 0 Å². The molecule has 2 nitrogen and oxygen atoms in total. The summed E-state index contributed by atoms with van der Waals surface area (Å²) in [5, 5.41) is 0. The summed E-state index contributed by atoms with van der Waals surface area (Å²) in [7, 11) is 0. The van der Waals surface area contributed by atoms with Crippen molar-refractivity contribution in [2.45, 2.75) is 15.2 Å². The highest BCUT2D eigenvalue weighted by molar-refractivity contribution is 7.99. The fourth-order valence-electron chi connectivity index (χ4n) is 6.44. The lowest BCUT2D eigenvalue weighted by Crippen LogP contribution is -2.34. The van der Waals surface area contributed by atoms with Crippen LogP contribution in [0.5, 0.6) is 0 Å². The molecule has 6 aromatic carbocycles. The van der Waals surface area contributed by atoms with Crippen molar-refractivity contribution in [2.75, 3.05) is 0 Å². The van der Waals surface area contributed by atoms with Gasteiger partial charge in [0.2, 0.25) is 0 Å². The Balaban J connectivity index is 1.36. The molecule has 3 heteroatoms. The standard InChI is InChI=1S/C41H28N2S/c1-5-15-29(16-6-1)36-28-37(30-17-7-2-8-18-30)43-40(42-36)31-25-26-35-39(27-31)44-38-24-14-13-23-34(38)41(35,32-19-9-3-10-20-32)33-21-11-4-12-22-33/h1-28H. The minimum atomic E-state index is -0.458. The predicted octanol–water partition coefficient (Wildman–Crippen LogP) is 10.3. The molecule has 8 rings (SSSR count). The molecule has 0 N–H and O–H groups in total. The van der Waals surface area contributed by atoms with Gasteiger partial charge in [-0.2, -0.15) is 0 Å². The molecule has 0 atom stereocenters. The topological polar surface area (TPSA) is 25.8 Å². The van der Waals surface area contributed by atoms with E-state index in [2.05, 4.69) is 158 Å². The number of hydrogen-bond acceptors (Lipinski definition) is 3. The molecule has 0 radical (unpaired) electrons. The van der Waals surface area contributed by atoms with Gasteiger partial charge in [-0.15, -0.1) is 0 Å². The van der Waals surface area contributed by atoms with E-state index in [9.17, 15) is 0 Å². The summed E-state index contributed by atoms with van der Waals surface area (Å²) < 4.78 is 0. The molecular weight excluding hydrogens is 553 g/mol. The van der Waals surface area contributed by atoms with Gasteiger partial charge in [-0.25, -0.2) is 9.97 Å². The average molecular weight is 581 g/mol. The number of hydrogen-bond donors (Lipinski definition) is 0. The van der Waals surface area contributed by atoms with Crippen molar-refractivity contribution in [2.24, 2.45) is 0 Å². The summed E-state index contributed by atoms with van der Waals surface area (Å²) in [6.07, 6.45) is 0. The fraction of sp³-hybridized carbons (Fsp3) is 0.0244. The zero-order chi connectivity index (χ0) is 29.3. The molecule has 2 heterocycles. The first-order valence-corrected chi connectivity index (χ1v) is 15.7. The molecule has 1 aromatic heterocycles. The van der Waals surface area contributed by atoms with Crippen molar-refractivity contribution in [3.63, 3.8) is 0 Å². The van der Waals surface area contributed by atoms with Gasteiger partial charge in [0.15, 0.2) is 5.82 Å². The molecular formula is C41H28N2S. The lowest BCUT2D eigenvalue weighted by Gasteiger charge is -2.42. The maximum Gasteiger partial charge on any atom is 0.160 e. The van der Waals surface area contributed by atoms with E-state index in [1.54, 1.807) is 0 Å². The Hall–Kier alpha value is -5.25. The van der Waals surface area contributed by atoms with E-state index in [1.807, 2.05) is 23.9 Å². The summed E-state index contributed by atoms with van der Waals surface area (Å²) in [6.45, 7) is 0. The van der Waals surface area contributed by atoms with E-state index >= 15 is 0 Å². The van der Waals surface area contributed by atoms with Gasteiger partial charge in [0, 0.05) is 26.5 Å². The van der Waals surface area contributed by atoms with Crippen LogP contribution in [0.25, 0.3) is 33.9 Å². The lowest BCUT2D eigenvalue weighted by atomic mass is 9.64. The van der Waals surface area contributed by atoms with Crippen LogP contribution in [0, 0.1) is 0 Å². The van der Waals surface area contributed by atoms with E-state index in [0.29, 0.717) is 0 Å². The monoisotopic (exact) mass is 580 g/mol. The molecule has 44 heavy (non-hydrogen) atoms. The van der Waals surface area contributed by atoms with Crippen LogP contribution in [0.3, 0.4) is 0 Å². The summed E-state index contributed by atoms with van der Waals surface area (Å²) in [5.41, 5.74) is 9.58. The van der Waals surface area contributed by atoms with Gasteiger partial charge < -0.3 is 0 Å². The third-order valence-electron chi connectivity index (χ3n) is 8.43. The van der Waals surface area contributed by atoms with Crippen LogP contribution in [0.2, 0.25) is 0 Å². The third-order valence-corrected chi connectivity index (χ3v) is 9.57. The Kier molecular flexibility index (Phi) is 6.66. The average Bonchev–Trinajstić information content (AvgIpc) is 3.11. The molecule has 7 aromatic rings. The molecule has 208 valence electrons. The van der Waals surface area contributed by atoms with Crippen molar-refractivity contribution in [3.8, 4) is 33.9 Å². The minimum absolute atomic E-state index is 0.458. The highest BCUT2D eigenvalue weighted by Gasteiger charge is 2.44. The van der Waals surface area contributed by atoms with E-state index in [4.69, 9.17) is 9.97 Å². The Morgan fingerprint density at radius 2 is 0.864 bits per heavy atom. The first-order valence-electron chi connectivity index (χ1n) is 14.8. The van der Waals surface area contributed by atoms with Gasteiger partial charge in [0.1, 0.15) is 0 Å². The SMILES string of the molecule is c1ccc(-c2cc(-c3ccccc3)nc(-c3ccc4c(c3)Sc3ccccc3C4(c3ccccc3)c3ccccc3)n2)cc1. The number of nitrogens with zero attached hydrogens (tertiary/aromatic N) is 2. The number of aromatic nitrogens is 2. The van der Waals surface area contributed by atoms with Gasteiger partial charge in [-0.3, -0.25) is 0 Å². The van der Waals surface area contributed by atoms with Crippen LogP contribution >= 0.6 is 11.8 Å². The molecule has 0 unspecified atom stereocenters. The Labute approximate surface area is 262 Å². The molecule has 1 aliphatic rings. The molecule has 0 fully saturated rings. The second-order valence-corrected chi connectivity index (χ2v) is 12.1. The van der Waals surface area contributed by atoms with Crippen molar-refractivity contribution < 1.29 is 0 Å². The van der Waals surface area contributed by atoms with Crippen LogP contribution in [0.4, 0.5) is 0 Å². The second-order valence-electron chi connectivity index (χ2n) is 11.0. The van der Waals surface area contributed by atoms with E-state index in [0.717, 1.165) is 33.9 Å². The predicted molar refractivity (Wildman–Crippen MR) is 181 cm³/mol. The quantitative estimate of drug-likeness (QED) is 0.203. The van der Waals surface area contributed by atoms with Crippen molar-refractivity contribution in [3.05, 3.63) is 192 Å². The van der Waals surface area contributed by atoms with Crippen molar-refractivity contribution in [1.82, 2.24) is 9.97 Å². The molecule has 0 aliphatic carbocycles. The van der Waals surface area contributed by atoms with Crippen LogP contribution in [0.1, 0.15) is 22.3 Å². The second kappa shape index (κ2) is 11.1.